The summed E-state index contributed by atoms with van der Waals surface area (Å²) in [6.07, 6.45) is 3.49. The van der Waals surface area contributed by atoms with E-state index >= 15 is 0 Å². The third kappa shape index (κ3) is 3.62. The highest BCUT2D eigenvalue weighted by Gasteiger charge is 2.44. The van der Waals surface area contributed by atoms with E-state index in [1.807, 2.05) is 13.0 Å². The van der Waals surface area contributed by atoms with Gasteiger partial charge in [-0.3, -0.25) is 4.79 Å². The largest absolute Gasteiger partial charge is 0.315 e. The maximum Gasteiger partial charge on any atom is 0.248 e. The van der Waals surface area contributed by atoms with E-state index in [-0.39, 0.29) is 30.6 Å². The Hall–Kier alpha value is -1.30. The van der Waals surface area contributed by atoms with Gasteiger partial charge in [0, 0.05) is 12.8 Å². The summed E-state index contributed by atoms with van der Waals surface area (Å²) in [6.45, 7) is 3.70. The lowest BCUT2D eigenvalue weighted by atomic mass is 9.77. The predicted octanol–water partition coefficient (Wildman–Crippen LogP) is 2.21. The molecule has 1 amide bonds. The molecule has 0 aromatic rings. The van der Waals surface area contributed by atoms with Crippen molar-refractivity contribution in [2.45, 2.75) is 51.5 Å². The third-order valence-electron chi connectivity index (χ3n) is 3.86. The van der Waals surface area contributed by atoms with Gasteiger partial charge in [0.2, 0.25) is 11.8 Å². The molecule has 0 spiro atoms. The average molecular weight is 285 g/mol. The first-order chi connectivity index (χ1) is 9.27. The van der Waals surface area contributed by atoms with Crippen LogP contribution in [0, 0.1) is 11.8 Å². The Morgan fingerprint density at radius 1 is 1.55 bits per heavy atom. The van der Waals surface area contributed by atoms with Crippen molar-refractivity contribution >= 4 is 11.7 Å². The molecule has 1 heterocycles. The Morgan fingerprint density at radius 3 is 2.80 bits per heavy atom. The van der Waals surface area contributed by atoms with E-state index in [2.05, 4.69) is 10.3 Å². The molecule has 0 radical (unpaired) electrons. The lowest BCUT2D eigenvalue weighted by molar-refractivity contribution is -0.120. The van der Waals surface area contributed by atoms with Crippen LogP contribution in [0.1, 0.15) is 39.5 Å². The van der Waals surface area contributed by atoms with Gasteiger partial charge in [-0.1, -0.05) is 13.0 Å². The second kappa shape index (κ2) is 5.60. The van der Waals surface area contributed by atoms with Gasteiger partial charge in [-0.25, -0.2) is 13.8 Å². The van der Waals surface area contributed by atoms with Gasteiger partial charge in [0.1, 0.15) is 11.9 Å². The lowest BCUT2D eigenvalue weighted by Gasteiger charge is -2.35. The highest BCUT2D eigenvalue weighted by Crippen LogP contribution is 2.44. The van der Waals surface area contributed by atoms with Gasteiger partial charge >= 0.3 is 0 Å². The van der Waals surface area contributed by atoms with Gasteiger partial charge in [0.15, 0.2) is 0 Å². The number of alkyl halides is 2. The highest BCUT2D eigenvalue weighted by molar-refractivity contribution is 6.03. The summed E-state index contributed by atoms with van der Waals surface area (Å²) in [7, 11) is 0. The summed E-state index contributed by atoms with van der Waals surface area (Å²) in [5.74, 6) is -1.87. The zero-order chi connectivity index (χ0) is 14.9. The van der Waals surface area contributed by atoms with Gasteiger partial charge in [-0.05, 0) is 31.6 Å². The Labute approximate surface area is 117 Å². The van der Waals surface area contributed by atoms with E-state index in [0.717, 1.165) is 12.8 Å². The molecular formula is C14H21F2N3O. The number of halogens is 2. The molecule has 2 rings (SSSR count). The minimum Gasteiger partial charge on any atom is -0.315 e. The number of amides is 1. The summed E-state index contributed by atoms with van der Waals surface area (Å²) in [5, 5.41) is 2.57. The fraction of sp³-hybridized carbons (Fsp3) is 0.714. The van der Waals surface area contributed by atoms with Crippen LogP contribution in [0.3, 0.4) is 0 Å². The minimum absolute atomic E-state index is 0.00940. The third-order valence-corrected chi connectivity index (χ3v) is 3.86. The highest BCUT2D eigenvalue weighted by atomic mass is 19.3. The van der Waals surface area contributed by atoms with Crippen molar-refractivity contribution in [3.63, 3.8) is 0 Å². The summed E-state index contributed by atoms with van der Waals surface area (Å²) < 4.78 is 25.5. The Balaban J connectivity index is 1.86. The minimum atomic E-state index is -2.45. The molecule has 112 valence electrons. The molecule has 2 aliphatic rings. The lowest BCUT2D eigenvalue weighted by Crippen LogP contribution is -2.47. The van der Waals surface area contributed by atoms with Crippen LogP contribution in [0.5, 0.6) is 0 Å². The van der Waals surface area contributed by atoms with Crippen molar-refractivity contribution in [3.8, 4) is 0 Å². The van der Waals surface area contributed by atoms with Crippen LogP contribution in [0.25, 0.3) is 0 Å². The van der Waals surface area contributed by atoms with Crippen LogP contribution in [0.2, 0.25) is 0 Å². The molecule has 1 saturated carbocycles. The molecule has 20 heavy (non-hydrogen) atoms. The zero-order valence-corrected chi connectivity index (χ0v) is 11.8. The molecule has 0 bridgehead atoms. The van der Waals surface area contributed by atoms with Crippen molar-refractivity contribution < 1.29 is 13.6 Å². The fourth-order valence-corrected chi connectivity index (χ4v) is 2.68. The van der Waals surface area contributed by atoms with Crippen molar-refractivity contribution in [3.05, 3.63) is 11.8 Å². The molecule has 0 aromatic heterocycles. The smallest absolute Gasteiger partial charge is 0.248 e. The molecule has 6 heteroatoms. The Morgan fingerprint density at radius 2 is 2.20 bits per heavy atom. The molecule has 2 unspecified atom stereocenters. The maximum atomic E-state index is 12.7. The number of nitrogens with two attached hydrogens (primary N) is 1. The van der Waals surface area contributed by atoms with E-state index in [4.69, 9.17) is 5.73 Å². The van der Waals surface area contributed by atoms with Crippen LogP contribution in [-0.2, 0) is 4.79 Å². The number of allylic oxidation sites excluding steroid dienone is 1. The number of nitrogens with zero attached hydrogens (tertiary/aromatic N) is 1. The molecule has 0 saturated heterocycles. The number of nitrogens with one attached hydrogen (secondary N) is 1. The number of amidine groups is 1. The van der Waals surface area contributed by atoms with Gasteiger partial charge in [-0.2, -0.15) is 0 Å². The number of aliphatic imine (C=N–C) groups is 1. The van der Waals surface area contributed by atoms with Gasteiger partial charge in [0.25, 0.3) is 0 Å². The molecule has 1 aliphatic carbocycles. The molecule has 4 nitrogen and oxygen atoms in total. The first-order valence-corrected chi connectivity index (χ1v) is 6.98. The number of carbonyl (C=O) groups is 1. The van der Waals surface area contributed by atoms with Crippen LogP contribution >= 0.6 is 0 Å². The maximum absolute atomic E-state index is 12.7. The number of hydrogen-bond donors (Lipinski definition) is 2. The van der Waals surface area contributed by atoms with E-state index in [9.17, 15) is 13.6 Å². The van der Waals surface area contributed by atoms with Crippen LogP contribution in [0.4, 0.5) is 8.78 Å². The van der Waals surface area contributed by atoms with Crippen molar-refractivity contribution in [1.29, 1.82) is 0 Å². The molecule has 3 N–H and O–H groups in total. The normalized spacial score (nSPS) is 29.6. The van der Waals surface area contributed by atoms with Crippen LogP contribution in [0.15, 0.2) is 16.8 Å². The Kier molecular flexibility index (Phi) is 4.22. The van der Waals surface area contributed by atoms with Gasteiger partial charge in [0.05, 0.1) is 5.70 Å². The van der Waals surface area contributed by atoms with Crippen molar-refractivity contribution in [1.82, 2.24) is 5.32 Å². The molecule has 2 atom stereocenters. The van der Waals surface area contributed by atoms with Crippen LogP contribution in [-0.4, -0.2) is 23.7 Å². The molecule has 1 aliphatic heterocycles. The van der Waals surface area contributed by atoms with Crippen molar-refractivity contribution in [2.75, 3.05) is 0 Å². The van der Waals surface area contributed by atoms with Gasteiger partial charge in [-0.15, -0.1) is 0 Å². The van der Waals surface area contributed by atoms with E-state index in [0.29, 0.717) is 11.5 Å². The van der Waals surface area contributed by atoms with Crippen LogP contribution < -0.4 is 11.1 Å². The monoisotopic (exact) mass is 285 g/mol. The quantitative estimate of drug-likeness (QED) is 0.831. The van der Waals surface area contributed by atoms with E-state index < -0.39 is 12.0 Å². The standard InChI is InChI=1S/C14H21F2N3O/c1-8(3-4-10-6-14(15,16)7-10)5-11-12(17)13(20)19-9(2)18-11/h5,8,10,12H,3-4,6-7,17H2,1-2H3,(H,18,19,20)/b11-5+. The van der Waals surface area contributed by atoms with Crippen molar-refractivity contribution in [2.24, 2.45) is 22.6 Å². The second-order valence-corrected chi connectivity index (χ2v) is 5.94. The fourth-order valence-electron chi connectivity index (χ4n) is 2.68. The summed E-state index contributed by atoms with van der Waals surface area (Å²) in [5.41, 5.74) is 6.34. The molecular weight excluding hydrogens is 264 g/mol. The SMILES string of the molecule is CC1=N/C(=C/C(C)CCC2CC(F)(F)C2)C(N)C(=O)N1. The van der Waals surface area contributed by atoms with Gasteiger partial charge < -0.3 is 11.1 Å². The average Bonchev–Trinajstić information content (AvgIpc) is 2.30. The number of carbonyl (C=O) groups excluding carboxylic acids is 1. The number of rotatable bonds is 4. The first-order valence-electron chi connectivity index (χ1n) is 6.98. The number of hydrogen-bond acceptors (Lipinski definition) is 3. The summed E-state index contributed by atoms with van der Waals surface area (Å²) in [6, 6.07) is -0.741. The Bertz CT molecular complexity index is 451. The topological polar surface area (TPSA) is 67.5 Å². The summed E-state index contributed by atoms with van der Waals surface area (Å²) in [4.78, 5) is 15.8. The second-order valence-electron chi connectivity index (χ2n) is 5.94. The molecule has 1 fully saturated rings. The zero-order valence-electron chi connectivity index (χ0n) is 11.8. The first kappa shape index (κ1) is 15.1. The van der Waals surface area contributed by atoms with E-state index in [1.165, 1.54) is 0 Å². The van der Waals surface area contributed by atoms with E-state index in [1.54, 1.807) is 6.92 Å². The molecule has 0 aromatic carbocycles. The summed E-state index contributed by atoms with van der Waals surface area (Å²) >= 11 is 0. The predicted molar refractivity (Wildman–Crippen MR) is 73.4 cm³/mol.